The van der Waals surface area contributed by atoms with E-state index in [0.717, 1.165) is 25.7 Å². The normalized spacial score (nSPS) is 14.0. The zero-order valence-corrected chi connectivity index (χ0v) is 27.4. The second-order valence-corrected chi connectivity index (χ2v) is 12.4. The molecule has 0 aliphatic heterocycles. The quantitative estimate of drug-likeness (QED) is 0.0471. The Labute approximate surface area is 255 Å². The van der Waals surface area contributed by atoms with Crippen molar-refractivity contribution in [2.24, 2.45) is 0 Å². The van der Waals surface area contributed by atoms with E-state index in [4.69, 9.17) is 0 Å². The molecule has 0 aliphatic carbocycles. The molecule has 244 valence electrons. The van der Waals surface area contributed by atoms with Gasteiger partial charge >= 0.3 is 0 Å². The Morgan fingerprint density at radius 2 is 0.951 bits per heavy atom. The van der Waals surface area contributed by atoms with Gasteiger partial charge < -0.3 is 20.6 Å². The lowest BCUT2D eigenvalue weighted by atomic mass is 10.0. The smallest absolute Gasteiger partial charge is 0.253 e. The standard InChI is InChI=1S/C36H71NO4/c1-3-5-7-9-11-13-15-17-19-21-23-25-27-29-31-35(40)36(41)37-33(32-38)34(39)30-28-26-24-22-20-18-16-14-12-10-8-6-4-2/h29,31,33-35,38-40H,3-28,30,32H2,1-2H3,(H,37,41)/b31-29+/t33-,34?,35?/m0/s1. The number of rotatable bonds is 32. The fraction of sp³-hybridized carbons (Fsp3) is 0.917. The SMILES string of the molecule is CCCCCCCCCCCCCC/C=C/C(O)C(=O)N[C@@H](CO)C(O)CCCCCCCCCCCCCCC. The number of carbonyl (C=O) groups excluding carboxylic acids is 1. The second-order valence-electron chi connectivity index (χ2n) is 12.4. The predicted octanol–water partition coefficient (Wildman–Crippen LogP) is 9.31. The Balaban J connectivity index is 3.74. The molecule has 0 aromatic carbocycles. The summed E-state index contributed by atoms with van der Waals surface area (Å²) < 4.78 is 0. The summed E-state index contributed by atoms with van der Waals surface area (Å²) in [6, 6.07) is -0.737. The van der Waals surface area contributed by atoms with Crippen molar-refractivity contribution in [1.82, 2.24) is 5.32 Å². The minimum absolute atomic E-state index is 0.333. The maximum Gasteiger partial charge on any atom is 0.253 e. The molecule has 0 aromatic heterocycles. The highest BCUT2D eigenvalue weighted by Crippen LogP contribution is 2.15. The van der Waals surface area contributed by atoms with Gasteiger partial charge in [0.25, 0.3) is 5.91 Å². The second kappa shape index (κ2) is 32.0. The Bertz CT molecular complexity index is 568. The average molecular weight is 582 g/mol. The van der Waals surface area contributed by atoms with Gasteiger partial charge in [-0.05, 0) is 19.3 Å². The first-order chi connectivity index (χ1) is 20.1. The van der Waals surface area contributed by atoms with Crippen LogP contribution in [0, 0.1) is 0 Å². The van der Waals surface area contributed by atoms with Crippen molar-refractivity contribution in [3.63, 3.8) is 0 Å². The summed E-state index contributed by atoms with van der Waals surface area (Å²) >= 11 is 0. The molecule has 0 heterocycles. The van der Waals surface area contributed by atoms with Crippen molar-refractivity contribution in [3.8, 4) is 0 Å². The molecule has 3 atom stereocenters. The molecule has 2 unspecified atom stereocenters. The van der Waals surface area contributed by atoms with Crippen molar-refractivity contribution in [2.45, 2.75) is 205 Å². The number of aliphatic hydroxyl groups is 3. The molecule has 5 nitrogen and oxygen atoms in total. The van der Waals surface area contributed by atoms with E-state index in [2.05, 4.69) is 19.2 Å². The van der Waals surface area contributed by atoms with Gasteiger partial charge in [-0.25, -0.2) is 0 Å². The molecular weight excluding hydrogens is 510 g/mol. The lowest BCUT2D eigenvalue weighted by Gasteiger charge is -2.23. The molecule has 0 saturated carbocycles. The Morgan fingerprint density at radius 1 is 0.585 bits per heavy atom. The van der Waals surface area contributed by atoms with E-state index in [0.29, 0.717) is 6.42 Å². The Kier molecular flexibility index (Phi) is 31.3. The van der Waals surface area contributed by atoms with Gasteiger partial charge in [0.05, 0.1) is 18.8 Å². The van der Waals surface area contributed by atoms with Crippen LogP contribution in [0.2, 0.25) is 0 Å². The van der Waals surface area contributed by atoms with Crippen LogP contribution in [0.25, 0.3) is 0 Å². The van der Waals surface area contributed by atoms with Crippen LogP contribution in [0.15, 0.2) is 12.2 Å². The van der Waals surface area contributed by atoms with Gasteiger partial charge in [-0.1, -0.05) is 180 Å². The highest BCUT2D eigenvalue weighted by atomic mass is 16.3. The zero-order chi connectivity index (χ0) is 30.2. The minimum atomic E-state index is -1.25. The predicted molar refractivity (Wildman–Crippen MR) is 176 cm³/mol. The van der Waals surface area contributed by atoms with Crippen LogP contribution in [-0.4, -0.2) is 46.1 Å². The van der Waals surface area contributed by atoms with Gasteiger partial charge in [-0.3, -0.25) is 4.79 Å². The van der Waals surface area contributed by atoms with E-state index in [1.807, 2.05) is 6.08 Å². The van der Waals surface area contributed by atoms with E-state index in [-0.39, 0.29) is 6.61 Å². The molecule has 0 fully saturated rings. The fourth-order valence-electron chi connectivity index (χ4n) is 5.52. The summed E-state index contributed by atoms with van der Waals surface area (Å²) in [6.07, 6.45) is 35.0. The van der Waals surface area contributed by atoms with Gasteiger partial charge in [-0.15, -0.1) is 0 Å². The zero-order valence-electron chi connectivity index (χ0n) is 27.4. The van der Waals surface area contributed by atoms with Crippen LogP contribution in [0.3, 0.4) is 0 Å². The van der Waals surface area contributed by atoms with E-state index in [1.54, 1.807) is 0 Å². The third-order valence-electron chi connectivity index (χ3n) is 8.40. The monoisotopic (exact) mass is 582 g/mol. The van der Waals surface area contributed by atoms with Crippen LogP contribution >= 0.6 is 0 Å². The van der Waals surface area contributed by atoms with Gasteiger partial charge in [0.15, 0.2) is 6.10 Å². The van der Waals surface area contributed by atoms with Crippen LogP contribution in [-0.2, 0) is 4.79 Å². The topological polar surface area (TPSA) is 89.8 Å². The number of nitrogens with one attached hydrogen (secondary N) is 1. The van der Waals surface area contributed by atoms with E-state index in [9.17, 15) is 20.1 Å². The van der Waals surface area contributed by atoms with Gasteiger partial charge in [-0.2, -0.15) is 0 Å². The van der Waals surface area contributed by atoms with Gasteiger partial charge in [0.2, 0.25) is 0 Å². The third-order valence-corrected chi connectivity index (χ3v) is 8.40. The van der Waals surface area contributed by atoms with Crippen molar-refractivity contribution in [3.05, 3.63) is 12.2 Å². The number of allylic oxidation sites excluding steroid dienone is 1. The van der Waals surface area contributed by atoms with Crippen molar-refractivity contribution < 1.29 is 20.1 Å². The molecule has 0 radical (unpaired) electrons. The largest absolute Gasteiger partial charge is 0.394 e. The number of amides is 1. The molecule has 41 heavy (non-hydrogen) atoms. The summed E-state index contributed by atoms with van der Waals surface area (Å²) in [7, 11) is 0. The van der Waals surface area contributed by atoms with Gasteiger partial charge in [0.1, 0.15) is 0 Å². The van der Waals surface area contributed by atoms with Crippen LogP contribution in [0.5, 0.6) is 0 Å². The fourth-order valence-corrected chi connectivity index (χ4v) is 5.52. The molecule has 4 N–H and O–H groups in total. The Hall–Kier alpha value is -0.910. The van der Waals surface area contributed by atoms with Crippen molar-refractivity contribution >= 4 is 5.91 Å². The molecule has 1 amide bonds. The first-order valence-electron chi connectivity index (χ1n) is 18.0. The molecule has 0 saturated heterocycles. The van der Waals surface area contributed by atoms with Crippen molar-refractivity contribution in [2.75, 3.05) is 6.61 Å². The molecular formula is C36H71NO4. The van der Waals surface area contributed by atoms with E-state index < -0.39 is 24.2 Å². The summed E-state index contributed by atoms with van der Waals surface area (Å²) in [5, 5.41) is 32.9. The molecule has 0 aliphatic rings. The molecule has 5 heteroatoms. The average Bonchev–Trinajstić information content (AvgIpc) is 2.98. The Morgan fingerprint density at radius 3 is 1.34 bits per heavy atom. The molecule has 0 rings (SSSR count). The van der Waals surface area contributed by atoms with E-state index >= 15 is 0 Å². The highest BCUT2D eigenvalue weighted by molar-refractivity contribution is 5.82. The summed E-state index contributed by atoms with van der Waals surface area (Å²) in [5.41, 5.74) is 0. The number of hydrogen-bond acceptors (Lipinski definition) is 4. The number of carbonyl (C=O) groups is 1. The highest BCUT2D eigenvalue weighted by Gasteiger charge is 2.22. The van der Waals surface area contributed by atoms with Crippen molar-refractivity contribution in [1.29, 1.82) is 0 Å². The lowest BCUT2D eigenvalue weighted by molar-refractivity contribution is -0.129. The summed E-state index contributed by atoms with van der Waals surface area (Å²) in [6.45, 7) is 4.19. The minimum Gasteiger partial charge on any atom is -0.394 e. The molecule has 0 bridgehead atoms. The number of unbranched alkanes of at least 4 members (excludes halogenated alkanes) is 24. The maximum absolute atomic E-state index is 12.3. The van der Waals surface area contributed by atoms with Crippen LogP contribution in [0.4, 0.5) is 0 Å². The van der Waals surface area contributed by atoms with Crippen LogP contribution in [0.1, 0.15) is 187 Å². The first-order valence-corrected chi connectivity index (χ1v) is 18.0. The molecule has 0 aromatic rings. The third kappa shape index (κ3) is 27.7. The molecule has 0 spiro atoms. The first kappa shape index (κ1) is 40.1. The number of aliphatic hydroxyl groups excluding tert-OH is 3. The summed E-state index contributed by atoms with van der Waals surface area (Å²) in [5.74, 6) is -0.556. The lowest BCUT2D eigenvalue weighted by Crippen LogP contribution is -2.49. The van der Waals surface area contributed by atoms with Crippen LogP contribution < -0.4 is 5.32 Å². The number of hydrogen-bond donors (Lipinski definition) is 4. The maximum atomic E-state index is 12.3. The van der Waals surface area contributed by atoms with E-state index in [1.165, 1.54) is 147 Å². The van der Waals surface area contributed by atoms with Gasteiger partial charge in [0, 0.05) is 0 Å². The summed E-state index contributed by atoms with van der Waals surface area (Å²) in [4.78, 5) is 12.3.